The van der Waals surface area contributed by atoms with Crippen LogP contribution in [0.5, 0.6) is 0 Å². The molecule has 1 aromatic carbocycles. The summed E-state index contributed by atoms with van der Waals surface area (Å²) < 4.78 is 0.880. The Bertz CT molecular complexity index is 493. The van der Waals surface area contributed by atoms with Crippen molar-refractivity contribution in [1.82, 2.24) is 0 Å². The fourth-order valence-corrected chi connectivity index (χ4v) is 2.40. The van der Waals surface area contributed by atoms with Crippen LogP contribution in [0.25, 0.3) is 0 Å². The van der Waals surface area contributed by atoms with Crippen molar-refractivity contribution < 1.29 is 9.90 Å². The molecule has 1 atom stereocenters. The number of terminal acetylenes is 1. The number of carbonyl (C=O) groups excluding carboxylic acids is 1. The highest BCUT2D eigenvalue weighted by atomic mass is 79.9. The van der Waals surface area contributed by atoms with E-state index in [1.165, 1.54) is 0 Å². The highest BCUT2D eigenvalue weighted by Crippen LogP contribution is 2.29. The fraction of sp³-hybridized carbons (Fsp3) is 0.308. The lowest BCUT2D eigenvalue weighted by Crippen LogP contribution is -2.25. The second-order valence-corrected chi connectivity index (χ2v) is 4.92. The molecule has 4 heteroatoms. The molecule has 88 valence electrons. The van der Waals surface area contributed by atoms with Crippen LogP contribution in [0.3, 0.4) is 0 Å². The van der Waals surface area contributed by atoms with E-state index in [0.29, 0.717) is 13.0 Å². The Kier molecular flexibility index (Phi) is 3.51. The number of hydrogen-bond donors (Lipinski definition) is 1. The Morgan fingerprint density at radius 2 is 2.35 bits per heavy atom. The van der Waals surface area contributed by atoms with E-state index in [4.69, 9.17) is 6.42 Å². The van der Waals surface area contributed by atoms with Gasteiger partial charge in [-0.3, -0.25) is 4.79 Å². The van der Waals surface area contributed by atoms with Crippen molar-refractivity contribution in [2.45, 2.75) is 13.0 Å². The maximum atomic E-state index is 11.8. The van der Waals surface area contributed by atoms with E-state index in [2.05, 4.69) is 21.9 Å². The third-order valence-corrected chi connectivity index (χ3v) is 3.36. The van der Waals surface area contributed by atoms with Gasteiger partial charge in [0, 0.05) is 34.6 Å². The SMILES string of the molecule is C#CC1CC(=O)N(c2ccc(Br)cc2CO)C1. The quantitative estimate of drug-likeness (QED) is 0.847. The Balaban J connectivity index is 2.35. The average molecular weight is 294 g/mol. The minimum absolute atomic E-state index is 0.0185. The van der Waals surface area contributed by atoms with Crippen LogP contribution in [0.15, 0.2) is 22.7 Å². The van der Waals surface area contributed by atoms with E-state index < -0.39 is 0 Å². The number of halogens is 1. The molecule has 0 bridgehead atoms. The standard InChI is InChI=1S/C13H12BrNO2/c1-2-9-5-13(17)15(7-9)12-4-3-11(14)6-10(12)8-16/h1,3-4,6,9,16H,5,7-8H2. The molecule has 0 aliphatic carbocycles. The Morgan fingerprint density at radius 1 is 1.59 bits per heavy atom. The summed E-state index contributed by atoms with van der Waals surface area (Å²) >= 11 is 3.34. The topological polar surface area (TPSA) is 40.5 Å². The third kappa shape index (κ3) is 2.36. The molecule has 0 spiro atoms. The molecule has 1 aromatic rings. The molecule has 1 N–H and O–H groups in total. The largest absolute Gasteiger partial charge is 0.392 e. The number of nitrogens with zero attached hydrogens (tertiary/aromatic N) is 1. The molecule has 1 amide bonds. The molecule has 1 saturated heterocycles. The highest BCUT2D eigenvalue weighted by molar-refractivity contribution is 9.10. The molecule has 1 heterocycles. The summed E-state index contributed by atoms with van der Waals surface area (Å²) in [5.41, 5.74) is 1.48. The van der Waals surface area contributed by atoms with Crippen LogP contribution < -0.4 is 4.90 Å². The molecule has 0 aromatic heterocycles. The van der Waals surface area contributed by atoms with Gasteiger partial charge in [-0.25, -0.2) is 0 Å². The Morgan fingerprint density at radius 3 is 2.94 bits per heavy atom. The average Bonchev–Trinajstić information content (AvgIpc) is 2.70. The Hall–Kier alpha value is -1.31. The van der Waals surface area contributed by atoms with Gasteiger partial charge in [-0.2, -0.15) is 0 Å². The smallest absolute Gasteiger partial charge is 0.228 e. The van der Waals surface area contributed by atoms with Crippen LogP contribution in [0, 0.1) is 18.3 Å². The second kappa shape index (κ2) is 4.91. The number of benzene rings is 1. The van der Waals surface area contributed by atoms with Crippen molar-refractivity contribution in [3.63, 3.8) is 0 Å². The molecule has 0 saturated carbocycles. The predicted octanol–water partition coefficient (Wildman–Crippen LogP) is 1.93. The van der Waals surface area contributed by atoms with Gasteiger partial charge in [0.2, 0.25) is 5.91 Å². The minimum Gasteiger partial charge on any atom is -0.392 e. The molecule has 1 unspecified atom stereocenters. The molecule has 17 heavy (non-hydrogen) atoms. The lowest BCUT2D eigenvalue weighted by atomic mass is 10.1. The van der Waals surface area contributed by atoms with Crippen LogP contribution in [-0.4, -0.2) is 17.6 Å². The number of rotatable bonds is 2. The van der Waals surface area contributed by atoms with Gasteiger partial charge < -0.3 is 10.0 Å². The summed E-state index contributed by atoms with van der Waals surface area (Å²) in [5, 5.41) is 9.31. The van der Waals surface area contributed by atoms with Crippen LogP contribution in [0.4, 0.5) is 5.69 Å². The third-order valence-electron chi connectivity index (χ3n) is 2.86. The van der Waals surface area contributed by atoms with E-state index >= 15 is 0 Å². The molecular formula is C13H12BrNO2. The van der Waals surface area contributed by atoms with Crippen molar-refractivity contribution in [1.29, 1.82) is 0 Å². The van der Waals surface area contributed by atoms with Gasteiger partial charge in [0.1, 0.15) is 0 Å². The first kappa shape index (κ1) is 12.2. The van der Waals surface area contributed by atoms with Crippen molar-refractivity contribution >= 4 is 27.5 Å². The van der Waals surface area contributed by atoms with E-state index in [-0.39, 0.29) is 18.4 Å². The normalized spacial score (nSPS) is 19.5. The number of aliphatic hydroxyl groups excluding tert-OH is 1. The summed E-state index contributed by atoms with van der Waals surface area (Å²) in [6, 6.07) is 5.49. The lowest BCUT2D eigenvalue weighted by molar-refractivity contribution is -0.117. The summed E-state index contributed by atoms with van der Waals surface area (Å²) in [6.45, 7) is 0.434. The van der Waals surface area contributed by atoms with Crippen LogP contribution in [-0.2, 0) is 11.4 Å². The van der Waals surface area contributed by atoms with Crippen molar-refractivity contribution in [2.24, 2.45) is 5.92 Å². The summed E-state index contributed by atoms with van der Waals surface area (Å²) in [4.78, 5) is 13.5. The van der Waals surface area contributed by atoms with Gasteiger partial charge in [0.15, 0.2) is 0 Å². The minimum atomic E-state index is -0.0979. The van der Waals surface area contributed by atoms with Gasteiger partial charge in [-0.1, -0.05) is 15.9 Å². The molecule has 0 radical (unpaired) electrons. The zero-order valence-corrected chi connectivity index (χ0v) is 10.8. The molecule has 2 rings (SSSR count). The number of aliphatic hydroxyl groups is 1. The van der Waals surface area contributed by atoms with Crippen molar-refractivity contribution in [2.75, 3.05) is 11.4 Å². The van der Waals surface area contributed by atoms with Gasteiger partial charge in [-0.15, -0.1) is 12.3 Å². The summed E-state index contributed by atoms with van der Waals surface area (Å²) in [5.74, 6) is 2.60. The van der Waals surface area contributed by atoms with Gasteiger partial charge in [0.25, 0.3) is 0 Å². The lowest BCUT2D eigenvalue weighted by Gasteiger charge is -2.19. The summed E-state index contributed by atoms with van der Waals surface area (Å²) in [7, 11) is 0. The van der Waals surface area contributed by atoms with Crippen molar-refractivity contribution in [3.8, 4) is 12.3 Å². The van der Waals surface area contributed by atoms with Gasteiger partial charge >= 0.3 is 0 Å². The monoisotopic (exact) mass is 293 g/mol. The zero-order valence-electron chi connectivity index (χ0n) is 9.19. The number of anilines is 1. The first-order valence-electron chi connectivity index (χ1n) is 5.31. The second-order valence-electron chi connectivity index (χ2n) is 4.00. The van der Waals surface area contributed by atoms with Gasteiger partial charge in [0.05, 0.1) is 6.61 Å². The molecule has 3 nitrogen and oxygen atoms in total. The number of hydrogen-bond acceptors (Lipinski definition) is 2. The van der Waals surface area contributed by atoms with E-state index in [0.717, 1.165) is 15.7 Å². The van der Waals surface area contributed by atoms with Crippen molar-refractivity contribution in [3.05, 3.63) is 28.2 Å². The first-order valence-corrected chi connectivity index (χ1v) is 6.10. The van der Waals surface area contributed by atoms with Crippen LogP contribution >= 0.6 is 15.9 Å². The van der Waals surface area contributed by atoms with Crippen LogP contribution in [0.1, 0.15) is 12.0 Å². The highest BCUT2D eigenvalue weighted by Gasteiger charge is 2.30. The number of amides is 1. The maximum absolute atomic E-state index is 11.8. The molecular weight excluding hydrogens is 282 g/mol. The molecule has 1 fully saturated rings. The van der Waals surface area contributed by atoms with E-state index in [1.807, 2.05) is 18.2 Å². The number of carbonyl (C=O) groups is 1. The summed E-state index contributed by atoms with van der Waals surface area (Å²) in [6.07, 6.45) is 5.73. The maximum Gasteiger partial charge on any atom is 0.228 e. The molecule has 1 aliphatic heterocycles. The molecule has 1 aliphatic rings. The van der Waals surface area contributed by atoms with E-state index in [1.54, 1.807) is 4.90 Å². The fourth-order valence-electron chi connectivity index (χ4n) is 2.00. The van der Waals surface area contributed by atoms with Crippen LogP contribution in [0.2, 0.25) is 0 Å². The van der Waals surface area contributed by atoms with Gasteiger partial charge in [-0.05, 0) is 18.2 Å². The first-order chi connectivity index (χ1) is 8.15. The zero-order chi connectivity index (χ0) is 12.4. The van der Waals surface area contributed by atoms with E-state index in [9.17, 15) is 9.90 Å². The Labute approximate surface area is 109 Å². The predicted molar refractivity (Wildman–Crippen MR) is 69.4 cm³/mol.